The lowest BCUT2D eigenvalue weighted by Crippen LogP contribution is -2.30. The Kier molecular flexibility index (Phi) is 6.57. The highest BCUT2D eigenvalue weighted by atomic mass is 16.5. The fourth-order valence-corrected chi connectivity index (χ4v) is 2.84. The number of carbonyl (C=O) groups is 1. The van der Waals surface area contributed by atoms with Gasteiger partial charge in [0.2, 0.25) is 0 Å². The quantitative estimate of drug-likeness (QED) is 0.611. The zero-order valence-electron chi connectivity index (χ0n) is 15.8. The monoisotopic (exact) mass is 377 g/mol. The number of ether oxygens (including phenoxy) is 1. The summed E-state index contributed by atoms with van der Waals surface area (Å²) in [5.74, 6) is -0.488. The summed E-state index contributed by atoms with van der Waals surface area (Å²) in [6, 6.07) is 21.3. The Morgan fingerprint density at radius 1 is 1.07 bits per heavy atom. The molecule has 0 saturated heterocycles. The van der Waals surface area contributed by atoms with Crippen LogP contribution in [0.3, 0.4) is 0 Å². The SMILES string of the molecule is CCOC(=O)Cn1nc(-c2ccccc2)cc(NCCc2ccccc2)c1=O. The number of rotatable bonds is 8. The smallest absolute Gasteiger partial charge is 0.327 e. The van der Waals surface area contributed by atoms with Gasteiger partial charge in [-0.05, 0) is 25.0 Å². The first kappa shape index (κ1) is 19.4. The Bertz CT molecular complexity index is 969. The molecule has 0 amide bonds. The third-order valence-corrected chi connectivity index (χ3v) is 4.20. The summed E-state index contributed by atoms with van der Waals surface area (Å²) in [6.45, 7) is 2.36. The van der Waals surface area contributed by atoms with Crippen molar-refractivity contribution in [3.63, 3.8) is 0 Å². The molecule has 0 fully saturated rings. The lowest BCUT2D eigenvalue weighted by Gasteiger charge is -2.12. The van der Waals surface area contributed by atoms with E-state index in [2.05, 4.69) is 10.4 Å². The standard InChI is InChI=1S/C22H23N3O3/c1-2-28-21(26)16-25-22(27)20(23-14-13-17-9-5-3-6-10-17)15-19(24-25)18-11-7-4-8-12-18/h3-12,15,23H,2,13-14,16H2,1H3. The van der Waals surface area contributed by atoms with Crippen LogP contribution in [0.4, 0.5) is 5.69 Å². The molecule has 1 aromatic heterocycles. The molecule has 0 aliphatic heterocycles. The van der Waals surface area contributed by atoms with E-state index in [1.165, 1.54) is 5.56 Å². The molecule has 2 aromatic carbocycles. The predicted molar refractivity (Wildman–Crippen MR) is 109 cm³/mol. The number of hydrogen-bond donors (Lipinski definition) is 1. The van der Waals surface area contributed by atoms with Gasteiger partial charge < -0.3 is 10.1 Å². The second kappa shape index (κ2) is 9.50. The summed E-state index contributed by atoms with van der Waals surface area (Å²) < 4.78 is 6.12. The van der Waals surface area contributed by atoms with E-state index in [0.29, 0.717) is 17.9 Å². The molecule has 0 aliphatic rings. The zero-order chi connectivity index (χ0) is 19.8. The van der Waals surface area contributed by atoms with Gasteiger partial charge in [-0.25, -0.2) is 4.68 Å². The molecule has 1 N–H and O–H groups in total. The molecule has 0 spiro atoms. The summed E-state index contributed by atoms with van der Waals surface area (Å²) in [5.41, 5.74) is 2.73. The maximum absolute atomic E-state index is 12.8. The highest BCUT2D eigenvalue weighted by Crippen LogP contribution is 2.17. The Hall–Kier alpha value is -3.41. The van der Waals surface area contributed by atoms with Crippen LogP contribution < -0.4 is 10.9 Å². The van der Waals surface area contributed by atoms with Crippen molar-refractivity contribution in [3.05, 3.63) is 82.6 Å². The normalized spacial score (nSPS) is 10.5. The molecule has 1 heterocycles. The van der Waals surface area contributed by atoms with Gasteiger partial charge in [-0.15, -0.1) is 0 Å². The van der Waals surface area contributed by atoms with Crippen LogP contribution in [0, 0.1) is 0 Å². The molecule has 0 bridgehead atoms. The van der Waals surface area contributed by atoms with Crippen LogP contribution in [-0.2, 0) is 22.5 Å². The van der Waals surface area contributed by atoms with Crippen LogP contribution in [-0.4, -0.2) is 28.9 Å². The third kappa shape index (κ3) is 5.07. The number of nitrogens with zero attached hydrogens (tertiary/aromatic N) is 2. The second-order valence-corrected chi connectivity index (χ2v) is 6.24. The van der Waals surface area contributed by atoms with Gasteiger partial charge in [-0.3, -0.25) is 9.59 Å². The predicted octanol–water partition coefficient (Wildman–Crippen LogP) is 3.13. The van der Waals surface area contributed by atoms with Crippen molar-refractivity contribution in [1.29, 1.82) is 0 Å². The van der Waals surface area contributed by atoms with Crippen molar-refractivity contribution < 1.29 is 9.53 Å². The zero-order valence-corrected chi connectivity index (χ0v) is 15.8. The summed E-state index contributed by atoms with van der Waals surface area (Å²) in [4.78, 5) is 24.6. The van der Waals surface area contributed by atoms with Gasteiger partial charge in [0.15, 0.2) is 0 Å². The molecule has 3 aromatic rings. The molecule has 0 atom stereocenters. The first-order valence-electron chi connectivity index (χ1n) is 9.28. The van der Waals surface area contributed by atoms with Crippen molar-refractivity contribution in [3.8, 4) is 11.3 Å². The van der Waals surface area contributed by atoms with E-state index in [-0.39, 0.29) is 18.7 Å². The van der Waals surface area contributed by atoms with E-state index in [0.717, 1.165) is 16.7 Å². The van der Waals surface area contributed by atoms with Gasteiger partial charge in [0.05, 0.1) is 12.3 Å². The summed E-state index contributed by atoms with van der Waals surface area (Å²) >= 11 is 0. The molecule has 3 rings (SSSR count). The Morgan fingerprint density at radius 2 is 1.75 bits per heavy atom. The van der Waals surface area contributed by atoms with E-state index in [9.17, 15) is 9.59 Å². The second-order valence-electron chi connectivity index (χ2n) is 6.24. The maximum atomic E-state index is 12.8. The fraction of sp³-hybridized carbons (Fsp3) is 0.227. The molecule has 6 nitrogen and oxygen atoms in total. The highest BCUT2D eigenvalue weighted by Gasteiger charge is 2.13. The van der Waals surface area contributed by atoms with Gasteiger partial charge in [0.1, 0.15) is 12.2 Å². The van der Waals surface area contributed by atoms with Gasteiger partial charge in [0, 0.05) is 12.1 Å². The van der Waals surface area contributed by atoms with Crippen molar-refractivity contribution in [1.82, 2.24) is 9.78 Å². The number of hydrogen-bond acceptors (Lipinski definition) is 5. The molecule has 144 valence electrons. The molecule has 0 radical (unpaired) electrons. The Balaban J connectivity index is 1.86. The molecular formula is C22H23N3O3. The molecule has 28 heavy (non-hydrogen) atoms. The van der Waals surface area contributed by atoms with Gasteiger partial charge >= 0.3 is 5.97 Å². The van der Waals surface area contributed by atoms with Gasteiger partial charge in [-0.1, -0.05) is 60.7 Å². The van der Waals surface area contributed by atoms with Gasteiger partial charge in [0.25, 0.3) is 5.56 Å². The minimum absolute atomic E-state index is 0.222. The van der Waals surface area contributed by atoms with Crippen molar-refractivity contribution in [2.75, 3.05) is 18.5 Å². The van der Waals surface area contributed by atoms with E-state index < -0.39 is 5.97 Å². The molecule has 0 saturated carbocycles. The summed E-state index contributed by atoms with van der Waals surface area (Å²) in [7, 11) is 0. The van der Waals surface area contributed by atoms with Crippen molar-refractivity contribution in [2.45, 2.75) is 19.9 Å². The Labute approximate surface area is 163 Å². The molecular weight excluding hydrogens is 354 g/mol. The van der Waals surface area contributed by atoms with Crippen LogP contribution in [0.2, 0.25) is 0 Å². The van der Waals surface area contributed by atoms with E-state index in [1.807, 2.05) is 60.7 Å². The van der Waals surface area contributed by atoms with Crippen LogP contribution in [0.25, 0.3) is 11.3 Å². The van der Waals surface area contributed by atoms with Gasteiger partial charge in [-0.2, -0.15) is 5.10 Å². The van der Waals surface area contributed by atoms with Crippen LogP contribution in [0.5, 0.6) is 0 Å². The molecule has 6 heteroatoms. The highest BCUT2D eigenvalue weighted by molar-refractivity contribution is 5.69. The summed E-state index contributed by atoms with van der Waals surface area (Å²) in [5, 5.41) is 7.55. The van der Waals surface area contributed by atoms with E-state index >= 15 is 0 Å². The molecule has 0 unspecified atom stereocenters. The lowest BCUT2D eigenvalue weighted by atomic mass is 10.1. The van der Waals surface area contributed by atoms with Crippen molar-refractivity contribution in [2.24, 2.45) is 0 Å². The maximum Gasteiger partial charge on any atom is 0.327 e. The average molecular weight is 377 g/mol. The lowest BCUT2D eigenvalue weighted by molar-refractivity contribution is -0.144. The van der Waals surface area contributed by atoms with Crippen LogP contribution in [0.1, 0.15) is 12.5 Å². The minimum atomic E-state index is -0.488. The third-order valence-electron chi connectivity index (χ3n) is 4.20. The average Bonchev–Trinajstić information content (AvgIpc) is 2.72. The Morgan fingerprint density at radius 3 is 2.43 bits per heavy atom. The number of esters is 1. The van der Waals surface area contributed by atoms with Crippen molar-refractivity contribution >= 4 is 11.7 Å². The summed E-state index contributed by atoms with van der Waals surface area (Å²) in [6.07, 6.45) is 0.779. The minimum Gasteiger partial charge on any atom is -0.465 e. The number of nitrogens with one attached hydrogen (secondary N) is 1. The largest absolute Gasteiger partial charge is 0.465 e. The van der Waals surface area contributed by atoms with Crippen LogP contribution >= 0.6 is 0 Å². The topological polar surface area (TPSA) is 73.2 Å². The van der Waals surface area contributed by atoms with Crippen LogP contribution in [0.15, 0.2) is 71.5 Å². The van der Waals surface area contributed by atoms with E-state index in [4.69, 9.17) is 4.74 Å². The number of benzene rings is 2. The molecule has 0 aliphatic carbocycles. The first-order valence-corrected chi connectivity index (χ1v) is 9.28. The first-order chi connectivity index (χ1) is 13.7. The number of carbonyl (C=O) groups excluding carboxylic acids is 1. The number of aromatic nitrogens is 2. The van der Waals surface area contributed by atoms with E-state index in [1.54, 1.807) is 13.0 Å². The number of anilines is 1. The fourth-order valence-electron chi connectivity index (χ4n) is 2.84.